The Hall–Kier alpha value is -2.05. The molecule has 0 radical (unpaired) electrons. The van der Waals surface area contributed by atoms with E-state index >= 15 is 0 Å². The van der Waals surface area contributed by atoms with Crippen molar-refractivity contribution in [3.05, 3.63) is 23.5 Å². The van der Waals surface area contributed by atoms with Gasteiger partial charge in [0, 0.05) is 6.42 Å². The van der Waals surface area contributed by atoms with Crippen molar-refractivity contribution in [1.82, 2.24) is 9.97 Å². The zero-order valence-electron chi connectivity index (χ0n) is 9.97. The molecule has 0 aromatic carbocycles. The lowest BCUT2D eigenvalue weighted by Gasteiger charge is -2.23. The van der Waals surface area contributed by atoms with E-state index in [0.29, 0.717) is 6.42 Å². The number of carbonyl (C=O) groups is 2. The zero-order chi connectivity index (χ0) is 13.9. The van der Waals surface area contributed by atoms with Crippen LogP contribution in [0.5, 0.6) is 0 Å². The Bertz CT molecular complexity index is 476. The number of hydrogen-bond donors (Lipinski definition) is 2. The molecule has 18 heavy (non-hydrogen) atoms. The molecule has 0 atom stereocenters. The van der Waals surface area contributed by atoms with Gasteiger partial charge in [-0.25, -0.2) is 14.4 Å². The number of carboxylic acid groups (broad SMARTS) is 2. The Morgan fingerprint density at radius 3 is 2.28 bits per heavy atom. The van der Waals surface area contributed by atoms with Crippen LogP contribution in [0, 0.1) is 5.82 Å². The summed E-state index contributed by atoms with van der Waals surface area (Å²) in [6.45, 7) is 3.06. The molecule has 0 aliphatic heterocycles. The molecule has 7 heteroatoms. The van der Waals surface area contributed by atoms with Gasteiger partial charge in [-0.15, -0.1) is 0 Å². The van der Waals surface area contributed by atoms with Crippen molar-refractivity contribution >= 4 is 11.9 Å². The topological polar surface area (TPSA) is 100 Å². The van der Waals surface area contributed by atoms with E-state index in [0.717, 1.165) is 6.20 Å². The largest absolute Gasteiger partial charge is 0.480 e. The van der Waals surface area contributed by atoms with E-state index in [2.05, 4.69) is 9.97 Å². The lowest BCUT2D eigenvalue weighted by Crippen LogP contribution is -2.45. The Labute approximate surface area is 103 Å². The third-order valence-electron chi connectivity index (χ3n) is 2.77. The van der Waals surface area contributed by atoms with Gasteiger partial charge in [-0.05, 0) is 6.42 Å². The molecule has 2 N–H and O–H groups in total. The Balaban J connectivity index is 3.56. The predicted molar refractivity (Wildman–Crippen MR) is 58.6 cm³/mol. The molecule has 98 valence electrons. The molecular formula is C11H13FN2O4. The first-order valence-electron chi connectivity index (χ1n) is 5.38. The fourth-order valence-corrected chi connectivity index (χ4v) is 1.64. The predicted octanol–water partition coefficient (Wildman–Crippen LogP) is 0.995. The van der Waals surface area contributed by atoms with Crippen molar-refractivity contribution < 1.29 is 24.2 Å². The van der Waals surface area contributed by atoms with Crippen LogP contribution >= 0.6 is 0 Å². The van der Waals surface area contributed by atoms with Gasteiger partial charge >= 0.3 is 11.9 Å². The summed E-state index contributed by atoms with van der Waals surface area (Å²) < 4.78 is 13.7. The van der Waals surface area contributed by atoms with E-state index in [1.165, 1.54) is 6.92 Å². The fraction of sp³-hybridized carbons (Fsp3) is 0.455. The van der Waals surface area contributed by atoms with Gasteiger partial charge in [-0.1, -0.05) is 13.8 Å². The summed E-state index contributed by atoms with van der Waals surface area (Å²) in [6, 6.07) is 0. The summed E-state index contributed by atoms with van der Waals surface area (Å²) in [6.07, 6.45) is 0.846. The van der Waals surface area contributed by atoms with Gasteiger partial charge < -0.3 is 10.2 Å². The molecule has 0 spiro atoms. The van der Waals surface area contributed by atoms with E-state index in [1.54, 1.807) is 6.92 Å². The summed E-state index contributed by atoms with van der Waals surface area (Å²) in [4.78, 5) is 29.9. The molecule has 0 amide bonds. The van der Waals surface area contributed by atoms with Gasteiger partial charge in [0.25, 0.3) is 0 Å². The third-order valence-corrected chi connectivity index (χ3v) is 2.77. The van der Waals surface area contributed by atoms with E-state index in [1.807, 2.05) is 0 Å². The molecule has 0 fully saturated rings. The zero-order valence-corrected chi connectivity index (χ0v) is 9.97. The van der Waals surface area contributed by atoms with Gasteiger partial charge in [-0.2, -0.15) is 0 Å². The average molecular weight is 256 g/mol. The maximum absolute atomic E-state index is 13.7. The van der Waals surface area contributed by atoms with Crippen LogP contribution in [-0.4, -0.2) is 32.1 Å². The van der Waals surface area contributed by atoms with Crippen molar-refractivity contribution in [3.63, 3.8) is 0 Å². The number of aliphatic carboxylic acids is 2. The van der Waals surface area contributed by atoms with Crippen LogP contribution in [-0.2, 0) is 21.4 Å². The number of aryl methyl sites for hydroxylation is 1. The molecule has 0 unspecified atom stereocenters. The van der Waals surface area contributed by atoms with E-state index < -0.39 is 28.9 Å². The highest BCUT2D eigenvalue weighted by atomic mass is 19.1. The number of hydrogen-bond acceptors (Lipinski definition) is 4. The van der Waals surface area contributed by atoms with Crippen molar-refractivity contribution in [2.45, 2.75) is 32.1 Å². The number of halogens is 1. The molecule has 0 bridgehead atoms. The van der Waals surface area contributed by atoms with Crippen molar-refractivity contribution in [1.29, 1.82) is 0 Å². The molecule has 0 aliphatic carbocycles. The van der Waals surface area contributed by atoms with Gasteiger partial charge in [0.2, 0.25) is 5.41 Å². The van der Waals surface area contributed by atoms with Gasteiger partial charge in [0.15, 0.2) is 5.82 Å². The Morgan fingerprint density at radius 1 is 1.33 bits per heavy atom. The third kappa shape index (κ3) is 2.03. The minimum Gasteiger partial charge on any atom is -0.480 e. The second kappa shape index (κ2) is 5.07. The lowest BCUT2D eigenvalue weighted by atomic mass is 9.81. The number of carboxylic acids is 2. The van der Waals surface area contributed by atoms with E-state index in [-0.39, 0.29) is 12.2 Å². The summed E-state index contributed by atoms with van der Waals surface area (Å²) in [7, 11) is 0. The molecule has 1 heterocycles. The smallest absolute Gasteiger partial charge is 0.327 e. The highest BCUT2D eigenvalue weighted by Crippen LogP contribution is 2.29. The van der Waals surface area contributed by atoms with Crippen LogP contribution in [0.1, 0.15) is 31.8 Å². The van der Waals surface area contributed by atoms with Crippen LogP contribution < -0.4 is 0 Å². The second-order valence-electron chi connectivity index (χ2n) is 3.71. The van der Waals surface area contributed by atoms with E-state index in [9.17, 15) is 14.0 Å². The molecule has 6 nitrogen and oxygen atoms in total. The van der Waals surface area contributed by atoms with Crippen LogP contribution in [0.2, 0.25) is 0 Å². The SMILES string of the molecule is CCc1ncc(F)c(C(CC)(C(=O)O)C(=O)O)n1. The van der Waals surface area contributed by atoms with Crippen molar-refractivity contribution in [3.8, 4) is 0 Å². The summed E-state index contributed by atoms with van der Waals surface area (Å²) in [5.41, 5.74) is -2.98. The van der Waals surface area contributed by atoms with Gasteiger partial charge in [0.05, 0.1) is 6.20 Å². The molecular weight excluding hydrogens is 243 g/mol. The second-order valence-corrected chi connectivity index (χ2v) is 3.71. The molecule has 0 saturated heterocycles. The quantitative estimate of drug-likeness (QED) is 0.762. The van der Waals surface area contributed by atoms with Crippen LogP contribution in [0.4, 0.5) is 4.39 Å². The number of nitrogens with zero attached hydrogens (tertiary/aromatic N) is 2. The lowest BCUT2D eigenvalue weighted by molar-refractivity contribution is -0.158. The minimum atomic E-state index is -2.38. The maximum Gasteiger partial charge on any atom is 0.327 e. The highest BCUT2D eigenvalue weighted by Gasteiger charge is 2.50. The molecule has 1 aromatic heterocycles. The Kier molecular flexibility index (Phi) is 3.95. The van der Waals surface area contributed by atoms with Gasteiger partial charge in [0.1, 0.15) is 11.5 Å². The van der Waals surface area contributed by atoms with E-state index in [4.69, 9.17) is 10.2 Å². The first-order valence-corrected chi connectivity index (χ1v) is 5.38. The average Bonchev–Trinajstić information content (AvgIpc) is 2.32. The monoisotopic (exact) mass is 256 g/mol. The van der Waals surface area contributed by atoms with Crippen LogP contribution in [0.25, 0.3) is 0 Å². The standard InChI is InChI=1S/C11H13FN2O4/c1-3-7-13-5-6(12)8(14-7)11(4-2,9(15)16)10(17)18/h5H,3-4H2,1-2H3,(H,15,16)(H,17,18). The minimum absolute atomic E-state index is 0.201. The maximum atomic E-state index is 13.7. The summed E-state index contributed by atoms with van der Waals surface area (Å²) in [5.74, 6) is -4.11. The molecule has 0 saturated carbocycles. The fourth-order valence-electron chi connectivity index (χ4n) is 1.64. The van der Waals surface area contributed by atoms with Crippen molar-refractivity contribution in [2.24, 2.45) is 0 Å². The first-order chi connectivity index (χ1) is 8.40. The number of rotatable bonds is 5. The summed E-state index contributed by atoms with van der Waals surface area (Å²) >= 11 is 0. The highest BCUT2D eigenvalue weighted by molar-refractivity contribution is 6.04. The molecule has 0 aliphatic rings. The first kappa shape index (κ1) is 14.0. The van der Waals surface area contributed by atoms with Crippen LogP contribution in [0.15, 0.2) is 6.20 Å². The molecule has 1 aromatic rings. The summed E-state index contributed by atoms with van der Waals surface area (Å²) in [5, 5.41) is 18.3. The van der Waals surface area contributed by atoms with Crippen molar-refractivity contribution in [2.75, 3.05) is 0 Å². The number of aromatic nitrogens is 2. The Morgan fingerprint density at radius 2 is 1.89 bits per heavy atom. The molecule has 1 rings (SSSR count). The van der Waals surface area contributed by atoms with Crippen LogP contribution in [0.3, 0.4) is 0 Å². The normalized spacial score (nSPS) is 11.3. The van der Waals surface area contributed by atoms with Gasteiger partial charge in [-0.3, -0.25) is 9.59 Å².